The fourth-order valence-electron chi connectivity index (χ4n) is 3.91. The maximum Gasteiger partial charge on any atom is 0.119 e. The standard InChI is InChI=1S/C16H29N5/c1-12(13-7-5-3-2-4-6-8-13)21-14-9-10-18-16(14)19-11-15(21)20-17/h13,15,18-20H,1-11,17H2. The molecule has 2 heterocycles. The zero-order valence-corrected chi connectivity index (χ0v) is 13.0. The van der Waals surface area contributed by atoms with Crippen LogP contribution >= 0.6 is 0 Å². The Bertz CT molecular complexity index is 409. The van der Waals surface area contributed by atoms with Crippen molar-refractivity contribution in [3.63, 3.8) is 0 Å². The molecule has 118 valence electrons. The second-order valence-corrected chi connectivity index (χ2v) is 6.47. The zero-order valence-electron chi connectivity index (χ0n) is 13.0. The van der Waals surface area contributed by atoms with Crippen LogP contribution in [0.15, 0.2) is 23.8 Å². The Labute approximate surface area is 128 Å². The second-order valence-electron chi connectivity index (χ2n) is 6.47. The van der Waals surface area contributed by atoms with Gasteiger partial charge in [-0.2, -0.15) is 0 Å². The predicted molar refractivity (Wildman–Crippen MR) is 85.5 cm³/mol. The Kier molecular flexibility index (Phi) is 4.70. The average molecular weight is 291 g/mol. The maximum absolute atomic E-state index is 5.78. The van der Waals surface area contributed by atoms with Crippen LogP contribution in [0.1, 0.15) is 51.4 Å². The largest absolute Gasteiger partial charge is 0.370 e. The second kappa shape index (κ2) is 6.71. The molecule has 1 saturated carbocycles. The number of nitrogens with two attached hydrogens (primary N) is 1. The van der Waals surface area contributed by atoms with Crippen molar-refractivity contribution in [2.75, 3.05) is 13.1 Å². The van der Waals surface area contributed by atoms with Gasteiger partial charge in [0.05, 0.1) is 12.2 Å². The Balaban J connectivity index is 1.77. The lowest BCUT2D eigenvalue weighted by Gasteiger charge is -2.42. The van der Waals surface area contributed by atoms with Gasteiger partial charge in [-0.1, -0.05) is 38.7 Å². The Hall–Kier alpha value is -1.20. The summed E-state index contributed by atoms with van der Waals surface area (Å²) in [6, 6.07) is 0. The average Bonchev–Trinajstić information content (AvgIpc) is 2.93. The Morgan fingerprint density at radius 2 is 1.86 bits per heavy atom. The molecule has 3 aliphatic rings. The third kappa shape index (κ3) is 3.04. The minimum absolute atomic E-state index is 0.113. The van der Waals surface area contributed by atoms with Gasteiger partial charge in [-0.3, -0.25) is 5.84 Å². The van der Waals surface area contributed by atoms with Gasteiger partial charge in [0.15, 0.2) is 0 Å². The van der Waals surface area contributed by atoms with Crippen LogP contribution in [0.2, 0.25) is 0 Å². The lowest BCUT2D eigenvalue weighted by atomic mass is 9.88. The van der Waals surface area contributed by atoms with E-state index >= 15 is 0 Å². The van der Waals surface area contributed by atoms with Crippen LogP contribution in [0, 0.1) is 5.92 Å². The summed E-state index contributed by atoms with van der Waals surface area (Å²) in [6.45, 7) is 6.29. The Morgan fingerprint density at radius 1 is 1.14 bits per heavy atom. The number of allylic oxidation sites excluding steroid dienone is 1. The first-order valence-electron chi connectivity index (χ1n) is 8.46. The van der Waals surface area contributed by atoms with Gasteiger partial charge in [0.25, 0.3) is 0 Å². The molecule has 2 aliphatic heterocycles. The van der Waals surface area contributed by atoms with Crippen molar-refractivity contribution >= 4 is 0 Å². The topological polar surface area (TPSA) is 65.3 Å². The highest BCUT2D eigenvalue weighted by Crippen LogP contribution is 2.34. The van der Waals surface area contributed by atoms with Gasteiger partial charge in [-0.05, 0) is 18.8 Å². The number of nitrogens with zero attached hydrogens (tertiary/aromatic N) is 1. The van der Waals surface area contributed by atoms with Gasteiger partial charge in [0.1, 0.15) is 12.0 Å². The summed E-state index contributed by atoms with van der Waals surface area (Å²) in [5.74, 6) is 7.56. The molecule has 3 rings (SSSR count). The van der Waals surface area contributed by atoms with E-state index in [0.29, 0.717) is 5.92 Å². The molecule has 1 aliphatic carbocycles. The van der Waals surface area contributed by atoms with E-state index in [1.165, 1.54) is 62.2 Å². The monoisotopic (exact) mass is 291 g/mol. The number of hydrogen-bond donors (Lipinski definition) is 4. The zero-order chi connectivity index (χ0) is 14.7. The highest BCUT2D eigenvalue weighted by Gasteiger charge is 2.34. The summed E-state index contributed by atoms with van der Waals surface area (Å²) >= 11 is 0. The summed E-state index contributed by atoms with van der Waals surface area (Å²) in [4.78, 5) is 2.37. The molecule has 0 spiro atoms. The first-order valence-corrected chi connectivity index (χ1v) is 8.46. The third-order valence-electron chi connectivity index (χ3n) is 5.11. The first kappa shape index (κ1) is 14.7. The van der Waals surface area contributed by atoms with Crippen molar-refractivity contribution in [1.82, 2.24) is 21.0 Å². The van der Waals surface area contributed by atoms with Gasteiger partial charge in [0, 0.05) is 18.7 Å². The molecule has 21 heavy (non-hydrogen) atoms. The van der Waals surface area contributed by atoms with Gasteiger partial charge < -0.3 is 15.5 Å². The van der Waals surface area contributed by atoms with Crippen LogP contribution in [-0.4, -0.2) is 24.2 Å². The molecule has 0 bridgehead atoms. The minimum Gasteiger partial charge on any atom is -0.370 e. The molecule has 0 amide bonds. The van der Waals surface area contributed by atoms with Gasteiger partial charge in [-0.25, -0.2) is 5.43 Å². The maximum atomic E-state index is 5.78. The van der Waals surface area contributed by atoms with Gasteiger partial charge in [-0.15, -0.1) is 0 Å². The fourth-order valence-corrected chi connectivity index (χ4v) is 3.91. The van der Waals surface area contributed by atoms with E-state index in [-0.39, 0.29) is 6.17 Å². The minimum atomic E-state index is 0.113. The van der Waals surface area contributed by atoms with Crippen molar-refractivity contribution in [1.29, 1.82) is 0 Å². The van der Waals surface area contributed by atoms with E-state index < -0.39 is 0 Å². The van der Waals surface area contributed by atoms with Crippen molar-refractivity contribution in [2.45, 2.75) is 57.5 Å². The molecule has 0 aromatic carbocycles. The quantitative estimate of drug-likeness (QED) is 0.471. The third-order valence-corrected chi connectivity index (χ3v) is 5.11. The molecule has 5 heteroatoms. The van der Waals surface area contributed by atoms with Gasteiger partial charge >= 0.3 is 0 Å². The van der Waals surface area contributed by atoms with Crippen LogP contribution in [0.4, 0.5) is 0 Å². The van der Waals surface area contributed by atoms with E-state index in [4.69, 9.17) is 5.84 Å². The van der Waals surface area contributed by atoms with E-state index in [0.717, 1.165) is 19.5 Å². The highest BCUT2D eigenvalue weighted by atomic mass is 15.4. The molecule has 0 saturated heterocycles. The summed E-state index contributed by atoms with van der Waals surface area (Å²) in [5.41, 5.74) is 5.55. The predicted octanol–water partition coefficient (Wildman–Crippen LogP) is 1.72. The SMILES string of the molecule is C=C(C1CCCCCCC1)N1C2=C(NCC2)NCC1NN. The smallest absolute Gasteiger partial charge is 0.119 e. The molecule has 0 aromatic rings. The summed E-state index contributed by atoms with van der Waals surface area (Å²) in [5, 5.41) is 6.87. The summed E-state index contributed by atoms with van der Waals surface area (Å²) in [7, 11) is 0. The highest BCUT2D eigenvalue weighted by molar-refractivity contribution is 5.25. The molecule has 5 N–H and O–H groups in total. The molecular weight excluding hydrogens is 262 g/mol. The molecular formula is C16H29N5. The Morgan fingerprint density at radius 3 is 2.57 bits per heavy atom. The lowest BCUT2D eigenvalue weighted by Crippen LogP contribution is -2.57. The van der Waals surface area contributed by atoms with Crippen LogP contribution in [0.25, 0.3) is 0 Å². The van der Waals surface area contributed by atoms with E-state index in [1.54, 1.807) is 0 Å². The van der Waals surface area contributed by atoms with E-state index in [2.05, 4.69) is 27.5 Å². The molecule has 1 fully saturated rings. The summed E-state index contributed by atoms with van der Waals surface area (Å²) < 4.78 is 0. The normalized spacial score (nSPS) is 27.5. The van der Waals surface area contributed by atoms with Gasteiger partial charge in [0.2, 0.25) is 0 Å². The van der Waals surface area contributed by atoms with E-state index in [1.807, 2.05) is 0 Å². The van der Waals surface area contributed by atoms with Crippen molar-refractivity contribution in [3.8, 4) is 0 Å². The van der Waals surface area contributed by atoms with Crippen LogP contribution < -0.4 is 21.9 Å². The number of hydrazine groups is 1. The molecule has 0 aromatic heterocycles. The molecule has 1 unspecified atom stereocenters. The van der Waals surface area contributed by atoms with Crippen molar-refractivity contribution in [3.05, 3.63) is 23.8 Å². The number of nitrogens with one attached hydrogen (secondary N) is 3. The van der Waals surface area contributed by atoms with Crippen LogP contribution in [-0.2, 0) is 0 Å². The molecule has 1 atom stereocenters. The van der Waals surface area contributed by atoms with Crippen molar-refractivity contribution < 1.29 is 0 Å². The lowest BCUT2D eigenvalue weighted by molar-refractivity contribution is 0.205. The van der Waals surface area contributed by atoms with Crippen LogP contribution in [0.5, 0.6) is 0 Å². The van der Waals surface area contributed by atoms with E-state index in [9.17, 15) is 0 Å². The van der Waals surface area contributed by atoms with Crippen molar-refractivity contribution in [2.24, 2.45) is 11.8 Å². The fraction of sp³-hybridized carbons (Fsp3) is 0.750. The molecule has 5 nitrogen and oxygen atoms in total. The van der Waals surface area contributed by atoms with Crippen LogP contribution in [0.3, 0.4) is 0 Å². The molecule has 0 radical (unpaired) electrons. The summed E-state index contributed by atoms with van der Waals surface area (Å²) in [6.07, 6.45) is 10.5. The first-order chi connectivity index (χ1) is 10.3. The number of rotatable bonds is 3. The number of hydrogen-bond acceptors (Lipinski definition) is 5.